The van der Waals surface area contributed by atoms with E-state index in [2.05, 4.69) is 41.8 Å². The monoisotopic (exact) mass is 249 g/mol. The Balaban J connectivity index is 2.17. The fourth-order valence-corrected chi connectivity index (χ4v) is 3.65. The summed E-state index contributed by atoms with van der Waals surface area (Å²) in [6.45, 7) is 7.89. The minimum absolute atomic E-state index is 0.507. The molecule has 18 heavy (non-hydrogen) atoms. The minimum Gasteiger partial charge on any atom is -0.359 e. The Hall–Kier alpha value is -0.990. The molecule has 0 aliphatic heterocycles. The van der Waals surface area contributed by atoms with Gasteiger partial charge in [0.25, 0.3) is 0 Å². The standard InChI is InChI=1S/C15H27N3/c1-12(2)9-15(7-5-6-8-15)11-18-10-13(3)17-14(18)16-4/h10,12H,5-9,11H2,1-4H3,(H,16,17). The van der Waals surface area contributed by atoms with Gasteiger partial charge in [0.15, 0.2) is 0 Å². The number of hydrogen-bond donors (Lipinski definition) is 1. The zero-order valence-corrected chi connectivity index (χ0v) is 12.3. The zero-order chi connectivity index (χ0) is 13.2. The Morgan fingerprint density at radius 3 is 2.61 bits per heavy atom. The number of aromatic nitrogens is 2. The lowest BCUT2D eigenvalue weighted by atomic mass is 9.78. The van der Waals surface area contributed by atoms with Crippen LogP contribution in [-0.2, 0) is 6.54 Å². The summed E-state index contributed by atoms with van der Waals surface area (Å²) in [6.07, 6.45) is 9.08. The smallest absolute Gasteiger partial charge is 0.202 e. The molecule has 0 radical (unpaired) electrons. The molecule has 1 aromatic rings. The molecule has 1 aliphatic rings. The van der Waals surface area contributed by atoms with Gasteiger partial charge in [0.1, 0.15) is 0 Å². The molecule has 2 rings (SSSR count). The fourth-order valence-electron chi connectivity index (χ4n) is 3.65. The second-order valence-corrected chi connectivity index (χ2v) is 6.39. The SMILES string of the molecule is CNc1nc(C)cn1CC1(CC(C)C)CCCC1. The van der Waals surface area contributed by atoms with Crippen LogP contribution in [0.15, 0.2) is 6.20 Å². The van der Waals surface area contributed by atoms with Crippen LogP contribution in [0.5, 0.6) is 0 Å². The number of aryl methyl sites for hydroxylation is 1. The van der Waals surface area contributed by atoms with Crippen molar-refractivity contribution in [1.82, 2.24) is 9.55 Å². The second kappa shape index (κ2) is 5.33. The minimum atomic E-state index is 0.507. The van der Waals surface area contributed by atoms with Crippen molar-refractivity contribution in [3.63, 3.8) is 0 Å². The highest BCUT2D eigenvalue weighted by atomic mass is 15.2. The quantitative estimate of drug-likeness (QED) is 0.859. The lowest BCUT2D eigenvalue weighted by Crippen LogP contribution is -2.26. The third-order valence-electron chi connectivity index (χ3n) is 4.13. The number of imidazole rings is 1. The number of hydrogen-bond acceptors (Lipinski definition) is 2. The normalized spacial score (nSPS) is 18.5. The van der Waals surface area contributed by atoms with Gasteiger partial charge in [0.2, 0.25) is 5.95 Å². The summed E-state index contributed by atoms with van der Waals surface area (Å²) in [5.74, 6) is 1.80. The fraction of sp³-hybridized carbons (Fsp3) is 0.800. The van der Waals surface area contributed by atoms with Crippen LogP contribution in [0, 0.1) is 18.3 Å². The first-order valence-corrected chi connectivity index (χ1v) is 7.26. The maximum absolute atomic E-state index is 4.53. The first-order valence-electron chi connectivity index (χ1n) is 7.26. The first kappa shape index (κ1) is 13.4. The van der Waals surface area contributed by atoms with Crippen LogP contribution < -0.4 is 5.32 Å². The molecule has 1 aliphatic carbocycles. The highest BCUT2D eigenvalue weighted by molar-refractivity contribution is 5.27. The highest BCUT2D eigenvalue weighted by Crippen LogP contribution is 2.44. The van der Waals surface area contributed by atoms with Gasteiger partial charge in [-0.25, -0.2) is 4.98 Å². The molecular formula is C15H27N3. The molecule has 0 amide bonds. The van der Waals surface area contributed by atoms with E-state index in [-0.39, 0.29) is 0 Å². The van der Waals surface area contributed by atoms with E-state index >= 15 is 0 Å². The van der Waals surface area contributed by atoms with Crippen molar-refractivity contribution >= 4 is 5.95 Å². The van der Waals surface area contributed by atoms with Crippen molar-refractivity contribution < 1.29 is 0 Å². The van der Waals surface area contributed by atoms with Crippen LogP contribution in [0.3, 0.4) is 0 Å². The summed E-state index contributed by atoms with van der Waals surface area (Å²) in [4.78, 5) is 4.53. The molecule has 1 aromatic heterocycles. The number of rotatable bonds is 5. The summed E-state index contributed by atoms with van der Waals surface area (Å²) >= 11 is 0. The van der Waals surface area contributed by atoms with Gasteiger partial charge in [-0.2, -0.15) is 0 Å². The molecule has 3 heteroatoms. The van der Waals surface area contributed by atoms with Crippen LogP contribution in [-0.4, -0.2) is 16.6 Å². The Morgan fingerprint density at radius 2 is 2.06 bits per heavy atom. The van der Waals surface area contributed by atoms with Gasteiger partial charge in [0.05, 0.1) is 5.69 Å². The predicted octanol–water partition coefficient (Wildman–Crippen LogP) is 3.84. The summed E-state index contributed by atoms with van der Waals surface area (Å²) in [7, 11) is 1.96. The van der Waals surface area contributed by atoms with E-state index in [1.54, 1.807) is 0 Å². The van der Waals surface area contributed by atoms with Gasteiger partial charge in [0, 0.05) is 19.8 Å². The Morgan fingerprint density at radius 1 is 1.39 bits per heavy atom. The van der Waals surface area contributed by atoms with Crippen molar-refractivity contribution in [2.45, 2.75) is 59.4 Å². The maximum Gasteiger partial charge on any atom is 0.202 e. The summed E-state index contributed by atoms with van der Waals surface area (Å²) in [5.41, 5.74) is 1.62. The van der Waals surface area contributed by atoms with E-state index in [9.17, 15) is 0 Å². The molecule has 0 saturated heterocycles. The molecule has 0 bridgehead atoms. The Labute approximate surface area is 111 Å². The molecule has 0 unspecified atom stereocenters. The largest absolute Gasteiger partial charge is 0.359 e. The maximum atomic E-state index is 4.53. The third kappa shape index (κ3) is 2.88. The number of nitrogens with zero attached hydrogens (tertiary/aromatic N) is 2. The van der Waals surface area contributed by atoms with Crippen LogP contribution in [0.2, 0.25) is 0 Å². The van der Waals surface area contributed by atoms with Gasteiger partial charge in [-0.1, -0.05) is 26.7 Å². The summed E-state index contributed by atoms with van der Waals surface area (Å²) in [6, 6.07) is 0. The van der Waals surface area contributed by atoms with Crippen LogP contribution >= 0.6 is 0 Å². The van der Waals surface area contributed by atoms with Crippen molar-refractivity contribution in [2.75, 3.05) is 12.4 Å². The highest BCUT2D eigenvalue weighted by Gasteiger charge is 2.35. The van der Waals surface area contributed by atoms with E-state index in [4.69, 9.17) is 0 Å². The van der Waals surface area contributed by atoms with E-state index in [1.165, 1.54) is 32.1 Å². The molecule has 1 fully saturated rings. The van der Waals surface area contributed by atoms with E-state index in [1.807, 2.05) is 7.05 Å². The van der Waals surface area contributed by atoms with Crippen molar-refractivity contribution in [1.29, 1.82) is 0 Å². The predicted molar refractivity (Wildman–Crippen MR) is 76.9 cm³/mol. The molecule has 102 valence electrons. The lowest BCUT2D eigenvalue weighted by Gasteiger charge is -2.31. The molecule has 1 heterocycles. The van der Waals surface area contributed by atoms with Crippen molar-refractivity contribution in [3.8, 4) is 0 Å². The van der Waals surface area contributed by atoms with E-state index < -0.39 is 0 Å². The average Bonchev–Trinajstić information content (AvgIpc) is 2.85. The lowest BCUT2D eigenvalue weighted by molar-refractivity contribution is 0.198. The number of nitrogens with one attached hydrogen (secondary N) is 1. The van der Waals surface area contributed by atoms with Crippen molar-refractivity contribution in [2.24, 2.45) is 11.3 Å². The van der Waals surface area contributed by atoms with Crippen LogP contribution in [0.1, 0.15) is 51.6 Å². The molecular weight excluding hydrogens is 222 g/mol. The summed E-state index contributed by atoms with van der Waals surface area (Å²) < 4.78 is 2.32. The molecule has 0 aromatic carbocycles. The molecule has 0 atom stereocenters. The van der Waals surface area contributed by atoms with Gasteiger partial charge < -0.3 is 9.88 Å². The first-order chi connectivity index (χ1) is 8.54. The Bertz CT molecular complexity index is 386. The third-order valence-corrected chi connectivity index (χ3v) is 4.13. The van der Waals surface area contributed by atoms with Gasteiger partial charge in [-0.15, -0.1) is 0 Å². The van der Waals surface area contributed by atoms with Gasteiger partial charge in [-0.05, 0) is 37.5 Å². The van der Waals surface area contributed by atoms with E-state index in [0.29, 0.717) is 5.41 Å². The molecule has 3 nitrogen and oxygen atoms in total. The zero-order valence-electron chi connectivity index (χ0n) is 12.3. The van der Waals surface area contributed by atoms with Crippen molar-refractivity contribution in [3.05, 3.63) is 11.9 Å². The molecule has 0 spiro atoms. The topological polar surface area (TPSA) is 29.9 Å². The van der Waals surface area contributed by atoms with Gasteiger partial charge in [-0.3, -0.25) is 0 Å². The van der Waals surface area contributed by atoms with Gasteiger partial charge >= 0.3 is 0 Å². The van der Waals surface area contributed by atoms with E-state index in [0.717, 1.165) is 24.1 Å². The average molecular weight is 249 g/mol. The molecule has 1 saturated carbocycles. The van der Waals surface area contributed by atoms with Crippen LogP contribution in [0.4, 0.5) is 5.95 Å². The van der Waals surface area contributed by atoms with Crippen LogP contribution in [0.25, 0.3) is 0 Å². The second-order valence-electron chi connectivity index (χ2n) is 6.39. The molecule has 1 N–H and O–H groups in total. The number of anilines is 1. The summed E-state index contributed by atoms with van der Waals surface area (Å²) in [5, 5.41) is 3.21. The Kier molecular flexibility index (Phi) is 3.98.